The van der Waals surface area contributed by atoms with E-state index in [0.29, 0.717) is 16.4 Å². The largest absolute Gasteiger partial charge is 0.507 e. The third-order valence-electron chi connectivity index (χ3n) is 2.32. The number of carbonyl (C=O) groups is 1. The van der Waals surface area contributed by atoms with Crippen LogP contribution < -0.4 is 0 Å². The zero-order valence-electron chi connectivity index (χ0n) is 8.67. The Hall–Kier alpha value is -1.49. The molecule has 0 saturated heterocycles. The molecule has 0 fully saturated rings. The Kier molecular flexibility index (Phi) is 2.87. The van der Waals surface area contributed by atoms with Crippen LogP contribution in [0.25, 0.3) is 0 Å². The van der Waals surface area contributed by atoms with E-state index >= 15 is 0 Å². The highest BCUT2D eigenvalue weighted by Crippen LogP contribution is 2.29. The molecule has 0 saturated carbocycles. The van der Waals surface area contributed by atoms with Crippen molar-refractivity contribution in [3.05, 3.63) is 29.3 Å². The lowest BCUT2D eigenvalue weighted by atomic mass is 10.1. The van der Waals surface area contributed by atoms with Gasteiger partial charge in [-0.25, -0.2) is 4.79 Å². The molecule has 0 radical (unpaired) electrons. The molecule has 0 aliphatic carbocycles. The summed E-state index contributed by atoms with van der Waals surface area (Å²) in [5, 5.41) is 19.1. The molecule has 84 valence electrons. The van der Waals surface area contributed by atoms with Crippen LogP contribution in [0.5, 0.6) is 5.75 Å². The van der Waals surface area contributed by atoms with Crippen LogP contribution in [0.2, 0.25) is 0 Å². The van der Waals surface area contributed by atoms with Crippen LogP contribution in [0.3, 0.4) is 0 Å². The van der Waals surface area contributed by atoms with Gasteiger partial charge in [-0.15, -0.1) is 11.8 Å². The number of carboxylic acid groups (broad SMARTS) is 1. The Morgan fingerprint density at radius 3 is 2.88 bits per heavy atom. The molecular formula is C11H11NO3S. The van der Waals surface area contributed by atoms with E-state index in [1.165, 1.54) is 11.8 Å². The van der Waals surface area contributed by atoms with E-state index in [-0.39, 0.29) is 5.75 Å². The van der Waals surface area contributed by atoms with E-state index in [1.54, 1.807) is 12.1 Å². The van der Waals surface area contributed by atoms with Crippen LogP contribution in [-0.2, 0) is 4.79 Å². The predicted molar refractivity (Wildman–Crippen MR) is 63.3 cm³/mol. The van der Waals surface area contributed by atoms with Gasteiger partial charge in [0, 0.05) is 11.3 Å². The number of rotatable bonds is 2. The van der Waals surface area contributed by atoms with Gasteiger partial charge in [-0.05, 0) is 24.6 Å². The summed E-state index contributed by atoms with van der Waals surface area (Å²) in [5.41, 5.74) is 1.57. The Bertz CT molecular complexity index is 470. The third-order valence-corrected chi connectivity index (χ3v) is 3.40. The van der Waals surface area contributed by atoms with Gasteiger partial charge in [0.05, 0.1) is 0 Å². The molecule has 2 rings (SSSR count). The molecule has 1 heterocycles. The van der Waals surface area contributed by atoms with Gasteiger partial charge in [0.1, 0.15) is 10.8 Å². The normalized spacial score (nSPS) is 19.6. The maximum Gasteiger partial charge on any atom is 0.329 e. The first kappa shape index (κ1) is 11.0. The summed E-state index contributed by atoms with van der Waals surface area (Å²) in [6, 6.07) is 4.58. The number of phenols is 1. The lowest BCUT2D eigenvalue weighted by Crippen LogP contribution is -2.17. The van der Waals surface area contributed by atoms with E-state index in [4.69, 9.17) is 5.11 Å². The Morgan fingerprint density at radius 2 is 2.31 bits per heavy atom. The van der Waals surface area contributed by atoms with Crippen LogP contribution in [0, 0.1) is 6.92 Å². The number of aliphatic carboxylic acids is 1. The molecule has 4 nitrogen and oxygen atoms in total. The maximum atomic E-state index is 10.7. The fourth-order valence-electron chi connectivity index (χ4n) is 1.47. The van der Waals surface area contributed by atoms with Crippen LogP contribution in [0.15, 0.2) is 23.2 Å². The number of aryl methyl sites for hydroxylation is 1. The first-order valence-corrected chi connectivity index (χ1v) is 5.80. The number of benzene rings is 1. The van der Waals surface area contributed by atoms with Gasteiger partial charge >= 0.3 is 5.97 Å². The molecule has 0 bridgehead atoms. The number of carboxylic acids is 1. The maximum absolute atomic E-state index is 10.7. The molecular weight excluding hydrogens is 226 g/mol. The standard InChI is InChI=1S/C11H11NO3S/c1-6-2-3-7(9(13)4-6)10-12-8(5-16-10)11(14)15/h2-4,8,13H,5H2,1H3,(H,14,15). The molecule has 1 unspecified atom stereocenters. The van der Waals surface area contributed by atoms with Crippen molar-refractivity contribution in [2.45, 2.75) is 13.0 Å². The summed E-state index contributed by atoms with van der Waals surface area (Å²) in [7, 11) is 0. The highest BCUT2D eigenvalue weighted by atomic mass is 32.2. The fraction of sp³-hybridized carbons (Fsp3) is 0.273. The van der Waals surface area contributed by atoms with Crippen LogP contribution in [0.4, 0.5) is 0 Å². The Labute approximate surface area is 97.0 Å². The zero-order chi connectivity index (χ0) is 11.7. The molecule has 0 aromatic heterocycles. The minimum atomic E-state index is -0.922. The minimum Gasteiger partial charge on any atom is -0.507 e. The molecule has 1 aromatic carbocycles. The highest BCUT2D eigenvalue weighted by Gasteiger charge is 2.26. The molecule has 5 heteroatoms. The summed E-state index contributed by atoms with van der Waals surface area (Å²) in [6.07, 6.45) is 0. The first-order chi connectivity index (χ1) is 7.58. The minimum absolute atomic E-state index is 0.150. The van der Waals surface area contributed by atoms with Crippen molar-refractivity contribution in [3.8, 4) is 5.75 Å². The summed E-state index contributed by atoms with van der Waals surface area (Å²) in [4.78, 5) is 14.8. The van der Waals surface area contributed by atoms with Gasteiger partial charge in [0.15, 0.2) is 6.04 Å². The topological polar surface area (TPSA) is 69.9 Å². The molecule has 1 atom stereocenters. The number of nitrogens with zero attached hydrogens (tertiary/aromatic N) is 1. The van der Waals surface area contributed by atoms with Crippen molar-refractivity contribution in [3.63, 3.8) is 0 Å². The molecule has 1 aliphatic heterocycles. The van der Waals surface area contributed by atoms with Crippen molar-refractivity contribution in [1.82, 2.24) is 0 Å². The smallest absolute Gasteiger partial charge is 0.329 e. The SMILES string of the molecule is Cc1ccc(C2=NC(C(=O)O)CS2)c(O)c1. The van der Waals surface area contributed by atoms with Gasteiger partial charge < -0.3 is 10.2 Å². The second kappa shape index (κ2) is 4.17. The Balaban J connectivity index is 2.32. The van der Waals surface area contributed by atoms with E-state index in [1.807, 2.05) is 13.0 Å². The molecule has 16 heavy (non-hydrogen) atoms. The summed E-state index contributed by atoms with van der Waals surface area (Å²) in [6.45, 7) is 1.88. The zero-order valence-corrected chi connectivity index (χ0v) is 9.49. The molecule has 0 amide bonds. The second-order valence-corrected chi connectivity index (χ2v) is 4.63. The van der Waals surface area contributed by atoms with Gasteiger partial charge in [0.2, 0.25) is 0 Å². The molecule has 1 aromatic rings. The van der Waals surface area contributed by atoms with E-state index in [0.717, 1.165) is 5.56 Å². The molecule has 2 N–H and O–H groups in total. The second-order valence-electron chi connectivity index (χ2n) is 3.62. The lowest BCUT2D eigenvalue weighted by Gasteiger charge is -2.03. The lowest BCUT2D eigenvalue weighted by molar-refractivity contribution is -0.137. The molecule has 0 spiro atoms. The quantitative estimate of drug-likeness (QED) is 0.820. The number of hydrogen-bond acceptors (Lipinski definition) is 4. The number of phenolic OH excluding ortho intramolecular Hbond substituents is 1. The fourth-order valence-corrected chi connectivity index (χ4v) is 2.53. The van der Waals surface area contributed by atoms with Crippen LogP contribution in [-0.4, -0.2) is 33.0 Å². The van der Waals surface area contributed by atoms with Gasteiger partial charge in [-0.1, -0.05) is 6.07 Å². The average molecular weight is 237 g/mol. The summed E-state index contributed by atoms with van der Waals surface area (Å²) in [5.74, 6) is -0.343. The van der Waals surface area contributed by atoms with Gasteiger partial charge in [-0.2, -0.15) is 0 Å². The third kappa shape index (κ3) is 2.04. The number of aromatic hydroxyl groups is 1. The van der Waals surface area contributed by atoms with Crippen molar-refractivity contribution >= 4 is 22.8 Å². The van der Waals surface area contributed by atoms with Crippen molar-refractivity contribution < 1.29 is 15.0 Å². The number of hydrogen-bond donors (Lipinski definition) is 2. The van der Waals surface area contributed by atoms with Crippen LogP contribution in [0.1, 0.15) is 11.1 Å². The van der Waals surface area contributed by atoms with E-state index in [2.05, 4.69) is 4.99 Å². The van der Waals surface area contributed by atoms with Gasteiger partial charge in [0.25, 0.3) is 0 Å². The van der Waals surface area contributed by atoms with Crippen molar-refractivity contribution in [2.75, 3.05) is 5.75 Å². The monoisotopic (exact) mass is 237 g/mol. The summed E-state index contributed by atoms with van der Waals surface area (Å²) >= 11 is 1.36. The van der Waals surface area contributed by atoms with E-state index < -0.39 is 12.0 Å². The average Bonchev–Trinajstić information content (AvgIpc) is 2.66. The number of aliphatic imine (C=N–C) groups is 1. The Morgan fingerprint density at radius 1 is 1.56 bits per heavy atom. The van der Waals surface area contributed by atoms with Crippen molar-refractivity contribution in [2.24, 2.45) is 4.99 Å². The van der Waals surface area contributed by atoms with Gasteiger partial charge in [-0.3, -0.25) is 4.99 Å². The first-order valence-electron chi connectivity index (χ1n) is 4.81. The van der Waals surface area contributed by atoms with Crippen LogP contribution >= 0.6 is 11.8 Å². The highest BCUT2D eigenvalue weighted by molar-refractivity contribution is 8.14. The predicted octanol–water partition coefficient (Wildman–Crippen LogP) is 1.65. The van der Waals surface area contributed by atoms with E-state index in [9.17, 15) is 9.90 Å². The summed E-state index contributed by atoms with van der Waals surface area (Å²) < 4.78 is 0. The molecule has 1 aliphatic rings. The number of thioether (sulfide) groups is 1. The van der Waals surface area contributed by atoms with Crippen molar-refractivity contribution in [1.29, 1.82) is 0 Å².